The number of anilines is 1. The minimum absolute atomic E-state index is 0.167. The zero-order valence-corrected chi connectivity index (χ0v) is 13.8. The van der Waals surface area contributed by atoms with Crippen LogP contribution in [-0.4, -0.2) is 25.9 Å². The van der Waals surface area contributed by atoms with Crippen molar-refractivity contribution in [3.8, 4) is 11.5 Å². The average Bonchev–Trinajstić information content (AvgIpc) is 2.59. The van der Waals surface area contributed by atoms with Crippen LogP contribution in [0.1, 0.15) is 22.8 Å². The third-order valence-corrected chi connectivity index (χ3v) is 3.32. The zero-order chi connectivity index (χ0) is 17.5. The second-order valence-corrected chi connectivity index (χ2v) is 5.07. The van der Waals surface area contributed by atoms with E-state index in [4.69, 9.17) is 9.47 Å². The van der Waals surface area contributed by atoms with Crippen LogP contribution in [0.25, 0.3) is 6.08 Å². The molecule has 0 saturated carbocycles. The number of benzene rings is 2. The van der Waals surface area contributed by atoms with Crippen molar-refractivity contribution in [3.63, 3.8) is 0 Å². The molecule has 1 amide bonds. The van der Waals surface area contributed by atoms with Crippen LogP contribution in [0, 0.1) is 0 Å². The topological polar surface area (TPSA) is 64.6 Å². The van der Waals surface area contributed by atoms with Crippen molar-refractivity contribution in [2.75, 3.05) is 19.5 Å². The summed E-state index contributed by atoms with van der Waals surface area (Å²) in [6, 6.07) is 12.2. The van der Waals surface area contributed by atoms with E-state index in [0.717, 1.165) is 5.56 Å². The molecule has 5 heteroatoms. The van der Waals surface area contributed by atoms with Gasteiger partial charge in [0.2, 0.25) is 5.91 Å². The van der Waals surface area contributed by atoms with E-state index < -0.39 is 0 Å². The highest BCUT2D eigenvalue weighted by atomic mass is 16.5. The van der Waals surface area contributed by atoms with Gasteiger partial charge < -0.3 is 14.8 Å². The Labute approximate surface area is 140 Å². The molecule has 2 aromatic rings. The molecule has 0 fully saturated rings. The number of ketones is 1. The van der Waals surface area contributed by atoms with Gasteiger partial charge in [-0.1, -0.05) is 12.1 Å². The van der Waals surface area contributed by atoms with Crippen LogP contribution in [0.5, 0.6) is 11.5 Å². The number of amides is 1. The minimum Gasteiger partial charge on any atom is -0.497 e. The van der Waals surface area contributed by atoms with Crippen LogP contribution >= 0.6 is 0 Å². The van der Waals surface area contributed by atoms with E-state index in [1.807, 2.05) is 6.07 Å². The molecular weight excluding hydrogens is 306 g/mol. The number of ether oxygens (including phenoxy) is 2. The number of carbonyl (C=O) groups excluding carboxylic acids is 2. The quantitative estimate of drug-likeness (QED) is 0.651. The lowest BCUT2D eigenvalue weighted by atomic mass is 10.1. The van der Waals surface area contributed by atoms with Crippen molar-refractivity contribution in [1.82, 2.24) is 0 Å². The predicted octanol–water partition coefficient (Wildman–Crippen LogP) is 3.56. The van der Waals surface area contributed by atoms with Gasteiger partial charge in [0, 0.05) is 29.8 Å². The fourth-order valence-corrected chi connectivity index (χ4v) is 2.17. The lowest BCUT2D eigenvalue weighted by Crippen LogP contribution is -2.06. The first-order valence-corrected chi connectivity index (χ1v) is 7.35. The molecule has 5 nitrogen and oxygen atoms in total. The van der Waals surface area contributed by atoms with Crippen LogP contribution < -0.4 is 14.8 Å². The molecule has 0 radical (unpaired) electrons. The maximum Gasteiger partial charge on any atom is 0.221 e. The highest BCUT2D eigenvalue weighted by Crippen LogP contribution is 2.25. The van der Waals surface area contributed by atoms with Crippen LogP contribution in [0.4, 0.5) is 5.69 Å². The van der Waals surface area contributed by atoms with Gasteiger partial charge >= 0.3 is 0 Å². The summed E-state index contributed by atoms with van der Waals surface area (Å²) >= 11 is 0. The summed E-state index contributed by atoms with van der Waals surface area (Å²) < 4.78 is 10.4. The third kappa shape index (κ3) is 4.46. The lowest BCUT2D eigenvalue weighted by molar-refractivity contribution is -0.114. The summed E-state index contributed by atoms with van der Waals surface area (Å²) in [5.41, 5.74) is 1.85. The maximum atomic E-state index is 12.3. The molecule has 0 saturated heterocycles. The Morgan fingerprint density at radius 2 is 1.83 bits per heavy atom. The summed E-state index contributed by atoms with van der Waals surface area (Å²) in [6.07, 6.45) is 3.16. The van der Waals surface area contributed by atoms with Gasteiger partial charge in [-0.25, -0.2) is 0 Å². The monoisotopic (exact) mass is 325 g/mol. The molecule has 24 heavy (non-hydrogen) atoms. The van der Waals surface area contributed by atoms with Crippen molar-refractivity contribution in [3.05, 3.63) is 59.7 Å². The Kier molecular flexibility index (Phi) is 5.73. The summed E-state index contributed by atoms with van der Waals surface area (Å²) in [5.74, 6) is 0.946. The highest BCUT2D eigenvalue weighted by Gasteiger charge is 2.06. The Bertz CT molecular complexity index is 781. The van der Waals surface area contributed by atoms with Crippen molar-refractivity contribution in [2.24, 2.45) is 0 Å². The van der Waals surface area contributed by atoms with E-state index in [1.165, 1.54) is 13.0 Å². The molecule has 124 valence electrons. The van der Waals surface area contributed by atoms with E-state index in [-0.39, 0.29) is 11.7 Å². The first-order chi connectivity index (χ1) is 11.5. The molecule has 0 aliphatic rings. The number of nitrogens with one attached hydrogen (secondary N) is 1. The molecule has 0 aliphatic heterocycles. The number of carbonyl (C=O) groups is 2. The van der Waals surface area contributed by atoms with E-state index in [0.29, 0.717) is 22.7 Å². The fraction of sp³-hybridized carbons (Fsp3) is 0.158. The zero-order valence-electron chi connectivity index (χ0n) is 13.8. The van der Waals surface area contributed by atoms with Gasteiger partial charge in [0.25, 0.3) is 0 Å². The largest absolute Gasteiger partial charge is 0.497 e. The molecule has 2 rings (SSSR count). The minimum atomic E-state index is -0.182. The van der Waals surface area contributed by atoms with Gasteiger partial charge in [-0.3, -0.25) is 9.59 Å². The Morgan fingerprint density at radius 3 is 2.50 bits per heavy atom. The van der Waals surface area contributed by atoms with Crippen molar-refractivity contribution in [2.45, 2.75) is 6.92 Å². The van der Waals surface area contributed by atoms with Gasteiger partial charge in [0.1, 0.15) is 11.5 Å². The van der Waals surface area contributed by atoms with Gasteiger partial charge in [-0.2, -0.15) is 0 Å². The number of hydrogen-bond acceptors (Lipinski definition) is 4. The second-order valence-electron chi connectivity index (χ2n) is 5.07. The molecule has 0 bridgehead atoms. The van der Waals surface area contributed by atoms with Crippen LogP contribution in [-0.2, 0) is 4.79 Å². The van der Waals surface area contributed by atoms with Crippen molar-refractivity contribution in [1.29, 1.82) is 0 Å². The molecule has 0 atom stereocenters. The number of rotatable bonds is 6. The molecule has 1 N–H and O–H groups in total. The summed E-state index contributed by atoms with van der Waals surface area (Å²) in [7, 11) is 3.14. The molecule has 0 aliphatic carbocycles. The first kappa shape index (κ1) is 17.3. The molecule has 0 spiro atoms. The van der Waals surface area contributed by atoms with Crippen LogP contribution in [0.2, 0.25) is 0 Å². The summed E-state index contributed by atoms with van der Waals surface area (Å²) in [4.78, 5) is 23.4. The predicted molar refractivity (Wildman–Crippen MR) is 93.7 cm³/mol. The van der Waals surface area contributed by atoms with Gasteiger partial charge in [0.15, 0.2) is 5.78 Å². The van der Waals surface area contributed by atoms with Gasteiger partial charge in [-0.05, 0) is 36.4 Å². The smallest absolute Gasteiger partial charge is 0.221 e. The Balaban J connectivity index is 2.20. The van der Waals surface area contributed by atoms with E-state index in [1.54, 1.807) is 56.7 Å². The Morgan fingerprint density at radius 1 is 1.04 bits per heavy atom. The molecular formula is C19H19NO4. The van der Waals surface area contributed by atoms with Crippen LogP contribution in [0.3, 0.4) is 0 Å². The number of methoxy groups -OCH3 is 2. The maximum absolute atomic E-state index is 12.3. The normalized spacial score (nSPS) is 10.5. The van der Waals surface area contributed by atoms with Gasteiger partial charge in [0.05, 0.1) is 14.2 Å². The molecule has 0 unspecified atom stereocenters. The fourth-order valence-electron chi connectivity index (χ4n) is 2.17. The summed E-state index contributed by atoms with van der Waals surface area (Å²) in [5, 5.41) is 2.66. The average molecular weight is 325 g/mol. The summed E-state index contributed by atoms with van der Waals surface area (Å²) in [6.45, 7) is 1.42. The highest BCUT2D eigenvalue weighted by molar-refractivity contribution is 6.07. The number of hydrogen-bond donors (Lipinski definition) is 1. The second kappa shape index (κ2) is 7.97. The molecule has 0 heterocycles. The molecule has 2 aromatic carbocycles. The third-order valence-electron chi connectivity index (χ3n) is 3.32. The van der Waals surface area contributed by atoms with Crippen LogP contribution in [0.15, 0.2) is 48.5 Å². The standard InChI is InChI=1S/C19H19NO4/c1-13(21)20-16-6-4-5-15(11-16)18(22)10-8-14-7-9-17(23-2)12-19(14)24-3/h4-12H,1-3H3,(H,20,21)/b10-8+. The lowest BCUT2D eigenvalue weighted by Gasteiger charge is -2.07. The van der Waals surface area contributed by atoms with Gasteiger partial charge in [-0.15, -0.1) is 0 Å². The van der Waals surface area contributed by atoms with E-state index in [9.17, 15) is 9.59 Å². The van der Waals surface area contributed by atoms with E-state index >= 15 is 0 Å². The van der Waals surface area contributed by atoms with Crippen molar-refractivity contribution < 1.29 is 19.1 Å². The Hall–Kier alpha value is -3.08. The first-order valence-electron chi connectivity index (χ1n) is 7.35. The molecule has 0 aromatic heterocycles. The van der Waals surface area contributed by atoms with Crippen molar-refractivity contribution >= 4 is 23.5 Å². The van der Waals surface area contributed by atoms with E-state index in [2.05, 4.69) is 5.32 Å². The number of allylic oxidation sites excluding steroid dienone is 1. The SMILES string of the molecule is COc1ccc(/C=C/C(=O)c2cccc(NC(C)=O)c2)c(OC)c1.